The second-order valence-electron chi connectivity index (χ2n) is 4.28. The number of hydrogen-bond donors (Lipinski definition) is 2. The molecule has 0 saturated carbocycles. The van der Waals surface area contributed by atoms with Crippen LogP contribution in [-0.4, -0.2) is 19.3 Å². The Morgan fingerprint density at radius 3 is 2.33 bits per heavy atom. The second kappa shape index (κ2) is 6.78. The summed E-state index contributed by atoms with van der Waals surface area (Å²) in [4.78, 5) is 0. The van der Waals surface area contributed by atoms with Gasteiger partial charge in [0.1, 0.15) is 5.75 Å². The number of anilines is 1. The van der Waals surface area contributed by atoms with Crippen molar-refractivity contribution < 1.29 is 14.6 Å². The fourth-order valence-electron chi connectivity index (χ4n) is 1.90. The average Bonchev–Trinajstić information content (AvgIpc) is 2.47. The Labute approximate surface area is 133 Å². The van der Waals surface area contributed by atoms with E-state index in [0.717, 1.165) is 0 Å². The number of hydrogen-bond acceptors (Lipinski definition) is 4. The highest BCUT2D eigenvalue weighted by molar-refractivity contribution is 6.33. The maximum atomic E-state index is 9.82. The van der Waals surface area contributed by atoms with Crippen LogP contribution in [0.3, 0.4) is 0 Å². The van der Waals surface area contributed by atoms with E-state index >= 15 is 0 Å². The lowest BCUT2D eigenvalue weighted by atomic mass is 10.2. The molecule has 4 nitrogen and oxygen atoms in total. The van der Waals surface area contributed by atoms with Gasteiger partial charge >= 0.3 is 0 Å². The standard InChI is InChI=1S/C15H15Cl2NO3/c1-20-14-6-11(17)12(7-15(14)21-2)18-8-9-10(16)4-3-5-13(9)19/h3-7,18-19H,8H2,1-2H3. The number of rotatable bonds is 5. The normalized spacial score (nSPS) is 10.3. The van der Waals surface area contributed by atoms with Gasteiger partial charge in [0.2, 0.25) is 0 Å². The number of halogens is 2. The molecule has 0 heterocycles. The van der Waals surface area contributed by atoms with Gasteiger partial charge in [-0.3, -0.25) is 0 Å². The number of methoxy groups -OCH3 is 2. The molecule has 0 aromatic heterocycles. The van der Waals surface area contributed by atoms with E-state index in [4.69, 9.17) is 32.7 Å². The molecule has 0 aliphatic rings. The molecule has 112 valence electrons. The predicted octanol–water partition coefficient (Wildman–Crippen LogP) is 4.33. The average molecular weight is 328 g/mol. The monoisotopic (exact) mass is 327 g/mol. The zero-order chi connectivity index (χ0) is 15.4. The summed E-state index contributed by atoms with van der Waals surface area (Å²) in [7, 11) is 3.10. The minimum atomic E-state index is 0.131. The Balaban J connectivity index is 2.24. The zero-order valence-corrected chi connectivity index (χ0v) is 13.1. The Kier molecular flexibility index (Phi) is 5.04. The molecule has 0 bridgehead atoms. The molecule has 0 radical (unpaired) electrons. The predicted molar refractivity (Wildman–Crippen MR) is 85.0 cm³/mol. The fraction of sp³-hybridized carbons (Fsp3) is 0.200. The number of ether oxygens (including phenoxy) is 2. The topological polar surface area (TPSA) is 50.7 Å². The highest BCUT2D eigenvalue weighted by atomic mass is 35.5. The quantitative estimate of drug-likeness (QED) is 0.858. The maximum Gasteiger partial charge on any atom is 0.162 e. The lowest BCUT2D eigenvalue weighted by Crippen LogP contribution is -2.02. The number of aromatic hydroxyl groups is 1. The number of benzene rings is 2. The third-order valence-corrected chi connectivity index (χ3v) is 3.69. The van der Waals surface area contributed by atoms with Gasteiger partial charge in [0.15, 0.2) is 11.5 Å². The molecule has 2 rings (SSSR count). The van der Waals surface area contributed by atoms with Crippen molar-refractivity contribution >= 4 is 28.9 Å². The highest BCUT2D eigenvalue weighted by Gasteiger charge is 2.11. The molecule has 0 aliphatic heterocycles. The van der Waals surface area contributed by atoms with E-state index < -0.39 is 0 Å². The van der Waals surface area contributed by atoms with Crippen LogP contribution in [0.2, 0.25) is 10.0 Å². The van der Waals surface area contributed by atoms with Gasteiger partial charge in [0, 0.05) is 29.3 Å². The van der Waals surface area contributed by atoms with Crippen LogP contribution in [0.25, 0.3) is 0 Å². The molecule has 0 aliphatic carbocycles. The minimum Gasteiger partial charge on any atom is -0.508 e. The molecule has 0 saturated heterocycles. The molecule has 0 atom stereocenters. The Morgan fingerprint density at radius 2 is 1.71 bits per heavy atom. The molecule has 0 amide bonds. The summed E-state index contributed by atoms with van der Waals surface area (Å²) in [6, 6.07) is 8.38. The summed E-state index contributed by atoms with van der Waals surface area (Å²) in [6.45, 7) is 0.334. The number of phenolic OH excluding ortho intramolecular Hbond substituents is 1. The van der Waals surface area contributed by atoms with Crippen LogP contribution >= 0.6 is 23.2 Å². The number of nitrogens with one attached hydrogen (secondary N) is 1. The largest absolute Gasteiger partial charge is 0.508 e. The molecule has 0 unspecified atom stereocenters. The van der Waals surface area contributed by atoms with E-state index in [1.807, 2.05) is 0 Å². The molecule has 6 heteroatoms. The van der Waals surface area contributed by atoms with E-state index in [0.29, 0.717) is 39.3 Å². The van der Waals surface area contributed by atoms with Crippen LogP contribution in [0.15, 0.2) is 30.3 Å². The first-order valence-electron chi connectivity index (χ1n) is 6.18. The van der Waals surface area contributed by atoms with Crippen molar-refractivity contribution in [2.75, 3.05) is 19.5 Å². The highest BCUT2D eigenvalue weighted by Crippen LogP contribution is 2.36. The first-order chi connectivity index (χ1) is 10.1. The van der Waals surface area contributed by atoms with Crippen molar-refractivity contribution in [3.8, 4) is 17.2 Å². The second-order valence-corrected chi connectivity index (χ2v) is 5.09. The molecule has 2 N–H and O–H groups in total. The first kappa shape index (κ1) is 15.6. The van der Waals surface area contributed by atoms with Crippen LogP contribution in [-0.2, 0) is 6.54 Å². The summed E-state index contributed by atoms with van der Waals surface area (Å²) in [6.07, 6.45) is 0. The van der Waals surface area contributed by atoms with Gasteiger partial charge in [-0.2, -0.15) is 0 Å². The summed E-state index contributed by atoms with van der Waals surface area (Å²) in [5.41, 5.74) is 1.26. The molecule has 0 spiro atoms. The van der Waals surface area contributed by atoms with Gasteiger partial charge in [-0.1, -0.05) is 29.3 Å². The van der Waals surface area contributed by atoms with Crippen LogP contribution in [0.4, 0.5) is 5.69 Å². The third kappa shape index (κ3) is 3.46. The van der Waals surface area contributed by atoms with Crippen LogP contribution in [0.1, 0.15) is 5.56 Å². The van der Waals surface area contributed by atoms with Gasteiger partial charge < -0.3 is 19.9 Å². The van der Waals surface area contributed by atoms with E-state index in [1.165, 1.54) is 0 Å². The van der Waals surface area contributed by atoms with E-state index in [2.05, 4.69) is 5.32 Å². The van der Waals surface area contributed by atoms with E-state index in [9.17, 15) is 5.11 Å². The van der Waals surface area contributed by atoms with Gasteiger partial charge in [0.05, 0.1) is 24.9 Å². The molecule has 0 fully saturated rings. The Hall–Kier alpha value is -1.78. The van der Waals surface area contributed by atoms with Gasteiger partial charge in [0.25, 0.3) is 0 Å². The van der Waals surface area contributed by atoms with Crippen molar-refractivity contribution in [1.82, 2.24) is 0 Å². The van der Waals surface area contributed by atoms with Crippen LogP contribution in [0.5, 0.6) is 17.2 Å². The maximum absolute atomic E-state index is 9.82. The molecule has 21 heavy (non-hydrogen) atoms. The van der Waals surface area contributed by atoms with Crippen molar-refractivity contribution in [1.29, 1.82) is 0 Å². The summed E-state index contributed by atoms with van der Waals surface area (Å²) >= 11 is 12.3. The van der Waals surface area contributed by atoms with Crippen molar-refractivity contribution in [3.63, 3.8) is 0 Å². The van der Waals surface area contributed by atoms with Crippen molar-refractivity contribution in [2.24, 2.45) is 0 Å². The van der Waals surface area contributed by atoms with Crippen molar-refractivity contribution in [2.45, 2.75) is 6.54 Å². The van der Waals surface area contributed by atoms with Gasteiger partial charge in [-0.25, -0.2) is 0 Å². The van der Waals surface area contributed by atoms with Gasteiger partial charge in [-0.15, -0.1) is 0 Å². The SMILES string of the molecule is COc1cc(Cl)c(NCc2c(O)cccc2Cl)cc1OC. The molecule has 2 aromatic rings. The van der Waals surface area contributed by atoms with E-state index in [1.54, 1.807) is 44.6 Å². The fourth-order valence-corrected chi connectivity index (χ4v) is 2.35. The zero-order valence-electron chi connectivity index (χ0n) is 11.6. The first-order valence-corrected chi connectivity index (χ1v) is 6.94. The molecule has 2 aromatic carbocycles. The lowest BCUT2D eigenvalue weighted by molar-refractivity contribution is 0.355. The third-order valence-electron chi connectivity index (χ3n) is 3.02. The molecular formula is C15H15Cl2NO3. The summed E-state index contributed by atoms with van der Waals surface area (Å²) in [5, 5.41) is 13.9. The van der Waals surface area contributed by atoms with Crippen LogP contribution < -0.4 is 14.8 Å². The van der Waals surface area contributed by atoms with Crippen LogP contribution in [0, 0.1) is 0 Å². The van der Waals surface area contributed by atoms with E-state index in [-0.39, 0.29) is 5.75 Å². The Bertz CT molecular complexity index is 627. The molecular weight excluding hydrogens is 313 g/mol. The Morgan fingerprint density at radius 1 is 1.05 bits per heavy atom. The minimum absolute atomic E-state index is 0.131. The summed E-state index contributed by atoms with van der Waals surface area (Å²) in [5.74, 6) is 1.24. The van der Waals surface area contributed by atoms with Crippen molar-refractivity contribution in [3.05, 3.63) is 45.9 Å². The smallest absolute Gasteiger partial charge is 0.162 e. The lowest BCUT2D eigenvalue weighted by Gasteiger charge is -2.14. The summed E-state index contributed by atoms with van der Waals surface area (Å²) < 4.78 is 10.4. The number of phenols is 1. The van der Waals surface area contributed by atoms with Gasteiger partial charge in [-0.05, 0) is 12.1 Å².